The van der Waals surface area contributed by atoms with Crippen LogP contribution in [0.25, 0.3) is 16.6 Å². The van der Waals surface area contributed by atoms with Crippen LogP contribution in [0.5, 0.6) is 0 Å². The third-order valence-electron chi connectivity index (χ3n) is 4.09. The number of carbonyl (C=O) groups is 1. The van der Waals surface area contributed by atoms with Gasteiger partial charge in [-0.1, -0.05) is 36.0 Å². The Morgan fingerprint density at radius 3 is 2.57 bits per heavy atom. The summed E-state index contributed by atoms with van der Waals surface area (Å²) >= 11 is 1.21. The van der Waals surface area contributed by atoms with Gasteiger partial charge in [0.15, 0.2) is 5.16 Å². The van der Waals surface area contributed by atoms with E-state index in [0.29, 0.717) is 16.1 Å². The summed E-state index contributed by atoms with van der Waals surface area (Å²) in [5.41, 5.74) is 2.69. The van der Waals surface area contributed by atoms with E-state index < -0.39 is 5.60 Å². The third-order valence-corrected chi connectivity index (χ3v) is 5.00. The normalized spacial score (nSPS) is 11.6. The monoisotopic (exact) mass is 396 g/mol. The van der Waals surface area contributed by atoms with Crippen LogP contribution in [0, 0.1) is 13.8 Å². The van der Waals surface area contributed by atoms with Crippen molar-refractivity contribution in [1.82, 2.24) is 9.55 Å². The van der Waals surface area contributed by atoms with Crippen LogP contribution in [-0.4, -0.2) is 26.9 Å². The molecule has 0 amide bonds. The lowest BCUT2D eigenvalue weighted by Crippen LogP contribution is -2.26. The van der Waals surface area contributed by atoms with Gasteiger partial charge in [-0.3, -0.25) is 14.2 Å². The molecule has 0 radical (unpaired) electrons. The fraction of sp³-hybridized carbons (Fsp3) is 0.318. The number of para-hydroxylation sites is 1. The first-order valence-electron chi connectivity index (χ1n) is 9.10. The second-order valence-corrected chi connectivity index (χ2v) is 8.66. The number of fused-ring (bicyclic) bond motifs is 1. The Labute approximate surface area is 168 Å². The van der Waals surface area contributed by atoms with Gasteiger partial charge in [-0.15, -0.1) is 0 Å². The summed E-state index contributed by atoms with van der Waals surface area (Å²) in [5.74, 6) is -0.264. The van der Waals surface area contributed by atoms with Gasteiger partial charge in [0.25, 0.3) is 5.56 Å². The van der Waals surface area contributed by atoms with Crippen molar-refractivity contribution in [1.29, 1.82) is 0 Å². The fourth-order valence-corrected chi connectivity index (χ4v) is 3.66. The highest BCUT2D eigenvalue weighted by atomic mass is 32.2. The highest BCUT2D eigenvalue weighted by Gasteiger charge is 2.19. The maximum absolute atomic E-state index is 13.3. The Morgan fingerprint density at radius 2 is 1.86 bits per heavy atom. The molecule has 28 heavy (non-hydrogen) atoms. The van der Waals surface area contributed by atoms with Crippen LogP contribution in [0.1, 0.15) is 31.9 Å². The van der Waals surface area contributed by atoms with Crippen molar-refractivity contribution in [2.24, 2.45) is 0 Å². The molecule has 0 aliphatic carbocycles. The van der Waals surface area contributed by atoms with Gasteiger partial charge in [0.1, 0.15) is 5.60 Å². The van der Waals surface area contributed by atoms with Gasteiger partial charge in [0.2, 0.25) is 0 Å². The van der Waals surface area contributed by atoms with E-state index in [9.17, 15) is 9.59 Å². The Kier molecular flexibility index (Phi) is 5.61. The van der Waals surface area contributed by atoms with E-state index in [-0.39, 0.29) is 17.3 Å². The molecule has 0 saturated heterocycles. The number of hydrogen-bond acceptors (Lipinski definition) is 5. The number of hydrogen-bond donors (Lipinski definition) is 0. The summed E-state index contributed by atoms with van der Waals surface area (Å²) in [6.45, 7) is 9.43. The topological polar surface area (TPSA) is 61.2 Å². The largest absolute Gasteiger partial charge is 0.459 e. The van der Waals surface area contributed by atoms with Crippen LogP contribution < -0.4 is 5.56 Å². The summed E-state index contributed by atoms with van der Waals surface area (Å²) in [6, 6.07) is 13.2. The Morgan fingerprint density at radius 1 is 1.14 bits per heavy atom. The van der Waals surface area contributed by atoms with E-state index in [1.807, 2.05) is 71.0 Å². The molecule has 5 nitrogen and oxygen atoms in total. The molecule has 2 aromatic carbocycles. The standard InChI is InChI=1S/C22H24N2O3S/c1-14-10-11-15(2)18(12-14)24-20(26)16-8-6-7-9-17(16)23-21(24)28-13-19(25)27-22(3,4)5/h6-12H,13H2,1-5H3. The molecule has 3 aromatic rings. The smallest absolute Gasteiger partial charge is 0.316 e. The van der Waals surface area contributed by atoms with E-state index in [0.717, 1.165) is 16.8 Å². The number of aryl methyl sites for hydroxylation is 2. The lowest BCUT2D eigenvalue weighted by atomic mass is 10.1. The zero-order valence-corrected chi connectivity index (χ0v) is 17.6. The molecule has 0 atom stereocenters. The average Bonchev–Trinajstić information content (AvgIpc) is 2.61. The predicted molar refractivity (Wildman–Crippen MR) is 113 cm³/mol. The molecule has 6 heteroatoms. The van der Waals surface area contributed by atoms with Gasteiger partial charge < -0.3 is 4.74 Å². The highest BCUT2D eigenvalue weighted by Crippen LogP contribution is 2.24. The molecule has 0 saturated carbocycles. The van der Waals surface area contributed by atoms with E-state index in [1.54, 1.807) is 10.6 Å². The predicted octanol–water partition coefficient (Wildman–Crippen LogP) is 4.44. The first kappa shape index (κ1) is 20.1. The SMILES string of the molecule is Cc1ccc(C)c(-n2c(SCC(=O)OC(C)(C)C)nc3ccccc3c2=O)c1. The minimum Gasteiger partial charge on any atom is -0.459 e. The van der Waals surface area contributed by atoms with Crippen molar-refractivity contribution in [2.45, 2.75) is 45.4 Å². The molecule has 0 bridgehead atoms. The molecular formula is C22H24N2O3S. The zero-order valence-electron chi connectivity index (χ0n) is 16.8. The van der Waals surface area contributed by atoms with Crippen LogP contribution >= 0.6 is 11.8 Å². The number of benzene rings is 2. The minimum absolute atomic E-state index is 0.0763. The van der Waals surface area contributed by atoms with Crippen molar-refractivity contribution >= 4 is 28.6 Å². The Hall–Kier alpha value is -2.60. The van der Waals surface area contributed by atoms with Crippen molar-refractivity contribution in [3.63, 3.8) is 0 Å². The van der Waals surface area contributed by atoms with Crippen LogP contribution in [-0.2, 0) is 9.53 Å². The second-order valence-electron chi connectivity index (χ2n) is 7.72. The number of thioether (sulfide) groups is 1. The number of aromatic nitrogens is 2. The highest BCUT2D eigenvalue weighted by molar-refractivity contribution is 7.99. The van der Waals surface area contributed by atoms with Gasteiger partial charge in [0.05, 0.1) is 22.3 Å². The second kappa shape index (κ2) is 7.80. The number of ether oxygens (including phenoxy) is 1. The first-order valence-corrected chi connectivity index (χ1v) is 10.1. The molecule has 3 rings (SSSR count). The lowest BCUT2D eigenvalue weighted by Gasteiger charge is -2.20. The van der Waals surface area contributed by atoms with Gasteiger partial charge in [-0.05, 0) is 63.9 Å². The van der Waals surface area contributed by atoms with Gasteiger partial charge in [-0.2, -0.15) is 0 Å². The number of rotatable bonds is 4. The molecule has 0 aliphatic rings. The maximum Gasteiger partial charge on any atom is 0.316 e. The summed E-state index contributed by atoms with van der Waals surface area (Å²) in [6.07, 6.45) is 0. The third kappa shape index (κ3) is 4.44. The van der Waals surface area contributed by atoms with E-state index in [2.05, 4.69) is 4.98 Å². The Bertz CT molecular complexity index is 1100. The molecule has 0 N–H and O–H groups in total. The molecule has 0 spiro atoms. The molecule has 0 fully saturated rings. The molecule has 1 heterocycles. The van der Waals surface area contributed by atoms with Crippen LogP contribution in [0.2, 0.25) is 0 Å². The van der Waals surface area contributed by atoms with Crippen molar-refractivity contribution in [3.05, 3.63) is 63.9 Å². The van der Waals surface area contributed by atoms with E-state index in [1.165, 1.54) is 11.8 Å². The van der Waals surface area contributed by atoms with Gasteiger partial charge >= 0.3 is 5.97 Å². The van der Waals surface area contributed by atoms with Gasteiger partial charge in [-0.25, -0.2) is 4.98 Å². The number of carbonyl (C=O) groups excluding carboxylic acids is 1. The summed E-state index contributed by atoms with van der Waals surface area (Å²) < 4.78 is 6.99. The fourth-order valence-electron chi connectivity index (χ4n) is 2.88. The number of esters is 1. The number of nitrogens with zero attached hydrogens (tertiary/aromatic N) is 2. The first-order chi connectivity index (χ1) is 13.2. The van der Waals surface area contributed by atoms with Crippen molar-refractivity contribution < 1.29 is 9.53 Å². The van der Waals surface area contributed by atoms with E-state index in [4.69, 9.17) is 4.74 Å². The minimum atomic E-state index is -0.554. The molecule has 146 valence electrons. The molecule has 0 unspecified atom stereocenters. The molecular weight excluding hydrogens is 372 g/mol. The quantitative estimate of drug-likeness (QED) is 0.371. The maximum atomic E-state index is 13.3. The molecule has 1 aromatic heterocycles. The van der Waals surface area contributed by atoms with Crippen molar-refractivity contribution in [3.8, 4) is 5.69 Å². The lowest BCUT2D eigenvalue weighted by molar-refractivity contribution is -0.151. The average molecular weight is 397 g/mol. The van der Waals surface area contributed by atoms with Crippen LogP contribution in [0.15, 0.2) is 52.4 Å². The zero-order chi connectivity index (χ0) is 20.5. The van der Waals surface area contributed by atoms with E-state index >= 15 is 0 Å². The van der Waals surface area contributed by atoms with Crippen LogP contribution in [0.4, 0.5) is 0 Å². The summed E-state index contributed by atoms with van der Waals surface area (Å²) in [4.78, 5) is 30.1. The Balaban J connectivity index is 2.11. The van der Waals surface area contributed by atoms with Crippen molar-refractivity contribution in [2.75, 3.05) is 5.75 Å². The van der Waals surface area contributed by atoms with Gasteiger partial charge in [0, 0.05) is 0 Å². The summed E-state index contributed by atoms with van der Waals surface area (Å²) in [7, 11) is 0. The summed E-state index contributed by atoms with van der Waals surface area (Å²) in [5, 5.41) is 1.02. The van der Waals surface area contributed by atoms with Crippen LogP contribution in [0.3, 0.4) is 0 Å². The molecule has 0 aliphatic heterocycles.